The number of carbonyl (C=O) groups excluding carboxylic acids is 1. The lowest BCUT2D eigenvalue weighted by Crippen LogP contribution is -2.29. The number of aromatic nitrogens is 3. The monoisotopic (exact) mass is 495 g/mol. The van der Waals surface area contributed by atoms with Gasteiger partial charge in [-0.1, -0.05) is 41.9 Å². The molecule has 35 heavy (non-hydrogen) atoms. The number of rotatable bonds is 7. The Morgan fingerprint density at radius 3 is 2.66 bits per heavy atom. The van der Waals surface area contributed by atoms with E-state index < -0.39 is 11.7 Å². The van der Waals surface area contributed by atoms with Crippen molar-refractivity contribution in [1.82, 2.24) is 19.7 Å². The summed E-state index contributed by atoms with van der Waals surface area (Å²) in [6.45, 7) is 7.29. The second-order valence-corrected chi connectivity index (χ2v) is 9.04. The summed E-state index contributed by atoms with van der Waals surface area (Å²) < 4.78 is 23.2. The van der Waals surface area contributed by atoms with Gasteiger partial charge in [0.25, 0.3) is 5.91 Å². The minimum absolute atomic E-state index is 0.135. The summed E-state index contributed by atoms with van der Waals surface area (Å²) in [7, 11) is 0. The third-order valence-electron chi connectivity index (χ3n) is 5.66. The number of ether oxygens (including phenoxy) is 1. The summed E-state index contributed by atoms with van der Waals surface area (Å²) in [6.07, 6.45) is 3.25. The first-order valence-electron chi connectivity index (χ1n) is 11.3. The van der Waals surface area contributed by atoms with Gasteiger partial charge in [0, 0.05) is 24.4 Å². The molecule has 0 aliphatic carbocycles. The van der Waals surface area contributed by atoms with E-state index in [4.69, 9.17) is 22.1 Å². The van der Waals surface area contributed by atoms with Crippen LogP contribution in [0.3, 0.4) is 0 Å². The fourth-order valence-corrected chi connectivity index (χ4v) is 4.30. The number of nitrogens with one attached hydrogen (secondary N) is 1. The van der Waals surface area contributed by atoms with Gasteiger partial charge in [-0.25, -0.2) is 14.4 Å². The number of benzene rings is 2. The fraction of sp³-hybridized carbons (Fsp3) is 0.269. The Morgan fingerprint density at radius 1 is 1.26 bits per heavy atom. The summed E-state index contributed by atoms with van der Waals surface area (Å²) in [6, 6.07) is 10.6. The second-order valence-electron chi connectivity index (χ2n) is 8.63. The van der Waals surface area contributed by atoms with Crippen LogP contribution < -0.4 is 15.8 Å². The Bertz CT molecular complexity index is 1390. The van der Waals surface area contributed by atoms with Crippen LogP contribution in [0.15, 0.2) is 48.8 Å². The van der Waals surface area contributed by atoms with Crippen molar-refractivity contribution >= 4 is 28.8 Å². The number of carbonyl (C=O) groups is 1. The molecule has 0 saturated carbocycles. The number of fused-ring (bicyclic) bond motifs is 1. The minimum atomic E-state index is -0.832. The molecule has 2 aromatic heterocycles. The topological polar surface area (TPSA) is 94.5 Å². The van der Waals surface area contributed by atoms with Crippen LogP contribution in [0.4, 0.5) is 10.2 Å². The normalized spacial score (nSPS) is 12.2. The number of halogens is 2. The second kappa shape index (κ2) is 9.92. The van der Waals surface area contributed by atoms with Gasteiger partial charge in [0.2, 0.25) is 0 Å². The number of nitrogen functional groups attached to an aromatic ring is 1. The Hall–Kier alpha value is -3.65. The minimum Gasteiger partial charge on any atom is -0.490 e. The molecular formula is C26H27ClFN5O2. The highest BCUT2D eigenvalue weighted by atomic mass is 35.5. The SMILES string of the molecule is Cc1nc(Cc2cc(Cl)c(F)c(C(=O)NC(C)c3ccccc3)c2OC(C)C)n2ccnc(N)c12. The highest BCUT2D eigenvalue weighted by Gasteiger charge is 2.27. The molecule has 0 saturated heterocycles. The molecule has 4 aromatic rings. The summed E-state index contributed by atoms with van der Waals surface area (Å²) in [5, 5.41) is 2.69. The Kier molecular flexibility index (Phi) is 6.93. The maximum Gasteiger partial charge on any atom is 0.258 e. The number of aryl methyl sites for hydroxylation is 1. The van der Waals surface area contributed by atoms with Gasteiger partial charge in [-0.05, 0) is 39.3 Å². The third-order valence-corrected chi connectivity index (χ3v) is 5.93. The molecule has 0 aliphatic rings. The van der Waals surface area contributed by atoms with Crippen molar-refractivity contribution in [1.29, 1.82) is 0 Å². The third kappa shape index (κ3) is 4.93. The Balaban J connectivity index is 1.79. The highest BCUT2D eigenvalue weighted by molar-refractivity contribution is 6.31. The lowest BCUT2D eigenvalue weighted by molar-refractivity contribution is 0.0929. The van der Waals surface area contributed by atoms with Crippen LogP contribution in [-0.4, -0.2) is 26.4 Å². The summed E-state index contributed by atoms with van der Waals surface area (Å²) in [5.41, 5.74) is 8.63. The van der Waals surface area contributed by atoms with Crippen molar-refractivity contribution in [3.05, 3.63) is 87.8 Å². The number of nitrogens with two attached hydrogens (primary N) is 1. The zero-order chi connectivity index (χ0) is 25.3. The number of imidazole rings is 1. The van der Waals surface area contributed by atoms with Crippen molar-refractivity contribution in [3.8, 4) is 5.75 Å². The van der Waals surface area contributed by atoms with Gasteiger partial charge in [0.1, 0.15) is 28.5 Å². The first-order valence-corrected chi connectivity index (χ1v) is 11.7. The summed E-state index contributed by atoms with van der Waals surface area (Å²) in [5.74, 6) is -0.324. The van der Waals surface area contributed by atoms with E-state index in [1.807, 2.05) is 62.4 Å². The molecule has 9 heteroatoms. The standard InChI is InChI=1S/C26H27ClFN5O2/c1-14(2)35-24-18(13-20-31-16(4)23-25(29)30-10-11-33(20)23)12-19(27)22(28)21(24)26(34)32-15(3)17-8-6-5-7-9-17/h5-12,14-15H,13H2,1-4H3,(H2,29,30)(H,32,34). The van der Waals surface area contributed by atoms with E-state index in [2.05, 4.69) is 15.3 Å². The zero-order valence-corrected chi connectivity index (χ0v) is 20.7. The van der Waals surface area contributed by atoms with Crippen LogP contribution >= 0.6 is 11.6 Å². The van der Waals surface area contributed by atoms with Gasteiger partial charge in [-0.3, -0.25) is 9.20 Å². The average molecular weight is 496 g/mol. The Labute approximate surface area is 208 Å². The number of hydrogen-bond donors (Lipinski definition) is 2. The predicted molar refractivity (Wildman–Crippen MR) is 134 cm³/mol. The molecule has 4 rings (SSSR count). The molecule has 0 radical (unpaired) electrons. The molecule has 0 bridgehead atoms. The van der Waals surface area contributed by atoms with Crippen LogP contribution in [0.2, 0.25) is 5.02 Å². The van der Waals surface area contributed by atoms with Crippen molar-refractivity contribution in [3.63, 3.8) is 0 Å². The smallest absolute Gasteiger partial charge is 0.258 e. The van der Waals surface area contributed by atoms with Crippen molar-refractivity contribution in [2.75, 3.05) is 5.73 Å². The fourth-order valence-electron chi connectivity index (χ4n) is 4.07. The van der Waals surface area contributed by atoms with Gasteiger partial charge in [-0.15, -0.1) is 0 Å². The van der Waals surface area contributed by atoms with Crippen LogP contribution in [-0.2, 0) is 6.42 Å². The van der Waals surface area contributed by atoms with Gasteiger partial charge in [0.05, 0.1) is 22.9 Å². The molecular weight excluding hydrogens is 469 g/mol. The molecule has 0 spiro atoms. The van der Waals surface area contributed by atoms with E-state index in [0.29, 0.717) is 28.4 Å². The zero-order valence-electron chi connectivity index (χ0n) is 20.0. The van der Waals surface area contributed by atoms with Gasteiger partial charge in [0.15, 0.2) is 5.82 Å². The number of anilines is 1. The molecule has 0 fully saturated rings. The molecule has 182 valence electrons. The van der Waals surface area contributed by atoms with E-state index >= 15 is 4.39 Å². The first-order chi connectivity index (χ1) is 16.7. The van der Waals surface area contributed by atoms with Crippen LogP contribution in [0.5, 0.6) is 5.75 Å². The number of nitrogens with zero attached hydrogens (tertiary/aromatic N) is 3. The first kappa shape index (κ1) is 24.5. The molecule has 1 atom stereocenters. The summed E-state index contributed by atoms with van der Waals surface area (Å²) >= 11 is 6.27. The van der Waals surface area contributed by atoms with Gasteiger partial charge in [-0.2, -0.15) is 0 Å². The van der Waals surface area contributed by atoms with Crippen LogP contribution in [0.1, 0.15) is 59.8 Å². The van der Waals surface area contributed by atoms with Crippen molar-refractivity contribution < 1.29 is 13.9 Å². The highest BCUT2D eigenvalue weighted by Crippen LogP contribution is 2.35. The van der Waals surface area contributed by atoms with E-state index in [1.54, 1.807) is 12.4 Å². The molecule has 2 heterocycles. The lowest BCUT2D eigenvalue weighted by atomic mass is 10.0. The van der Waals surface area contributed by atoms with E-state index in [9.17, 15) is 4.79 Å². The number of hydrogen-bond acceptors (Lipinski definition) is 5. The van der Waals surface area contributed by atoms with Gasteiger partial charge >= 0.3 is 0 Å². The largest absolute Gasteiger partial charge is 0.490 e. The average Bonchev–Trinajstić information content (AvgIpc) is 3.13. The van der Waals surface area contributed by atoms with Crippen molar-refractivity contribution in [2.45, 2.75) is 46.3 Å². The maximum absolute atomic E-state index is 15.3. The number of amides is 1. The van der Waals surface area contributed by atoms with E-state index in [0.717, 1.165) is 5.56 Å². The Morgan fingerprint density at radius 2 is 1.97 bits per heavy atom. The molecule has 7 nitrogen and oxygen atoms in total. The molecule has 2 aromatic carbocycles. The predicted octanol–water partition coefficient (Wildman–Crippen LogP) is 5.28. The van der Waals surface area contributed by atoms with Crippen LogP contribution in [0.25, 0.3) is 5.52 Å². The summed E-state index contributed by atoms with van der Waals surface area (Å²) in [4.78, 5) is 22.1. The van der Waals surface area contributed by atoms with Crippen molar-refractivity contribution in [2.24, 2.45) is 0 Å². The van der Waals surface area contributed by atoms with E-state index in [1.165, 1.54) is 6.07 Å². The lowest BCUT2D eigenvalue weighted by Gasteiger charge is -2.21. The molecule has 3 N–H and O–H groups in total. The molecule has 0 aliphatic heterocycles. The van der Waals surface area contributed by atoms with E-state index in [-0.39, 0.29) is 34.9 Å². The van der Waals surface area contributed by atoms with Crippen LogP contribution in [0, 0.1) is 12.7 Å². The maximum atomic E-state index is 15.3. The quantitative estimate of drug-likeness (QED) is 0.363. The molecule has 1 amide bonds. The molecule has 1 unspecified atom stereocenters. The van der Waals surface area contributed by atoms with Gasteiger partial charge < -0.3 is 15.8 Å².